The highest BCUT2D eigenvalue weighted by molar-refractivity contribution is 6.30. The quantitative estimate of drug-likeness (QED) is 0.853. The van der Waals surface area contributed by atoms with Crippen molar-refractivity contribution in [3.63, 3.8) is 0 Å². The Hall–Kier alpha value is -1.52. The minimum atomic E-state index is -0.845. The first kappa shape index (κ1) is 14.9. The van der Waals surface area contributed by atoms with Gasteiger partial charge in [-0.1, -0.05) is 32.0 Å². The van der Waals surface area contributed by atoms with Crippen LogP contribution < -0.4 is 5.32 Å². The number of fused-ring (bicyclic) bond motifs is 1. The van der Waals surface area contributed by atoms with Crippen LogP contribution in [-0.4, -0.2) is 17.1 Å². The minimum Gasteiger partial charge on any atom is -0.480 e. The fourth-order valence-electron chi connectivity index (χ4n) is 2.20. The number of halogens is 1. The summed E-state index contributed by atoms with van der Waals surface area (Å²) in [5, 5.41) is 13.5. The van der Waals surface area contributed by atoms with Gasteiger partial charge in [0.05, 0.1) is 0 Å². The second-order valence-corrected chi connectivity index (χ2v) is 5.60. The fraction of sp³-hybridized carbons (Fsp3) is 0.400. The van der Waals surface area contributed by atoms with Gasteiger partial charge in [0, 0.05) is 17.5 Å². The van der Waals surface area contributed by atoms with E-state index in [4.69, 9.17) is 16.0 Å². The molecule has 2 aromatic rings. The first-order valence-corrected chi connectivity index (χ1v) is 6.99. The molecule has 20 heavy (non-hydrogen) atoms. The van der Waals surface area contributed by atoms with E-state index >= 15 is 0 Å². The largest absolute Gasteiger partial charge is 0.480 e. The van der Waals surface area contributed by atoms with E-state index in [1.807, 2.05) is 38.1 Å². The van der Waals surface area contributed by atoms with Crippen LogP contribution in [0.15, 0.2) is 28.7 Å². The lowest BCUT2D eigenvalue weighted by Crippen LogP contribution is -2.37. The average Bonchev–Trinajstić information content (AvgIpc) is 2.69. The van der Waals surface area contributed by atoms with Crippen molar-refractivity contribution in [1.29, 1.82) is 0 Å². The molecule has 5 heteroatoms. The van der Waals surface area contributed by atoms with Crippen molar-refractivity contribution in [3.05, 3.63) is 35.0 Å². The summed E-state index contributed by atoms with van der Waals surface area (Å²) in [4.78, 5) is 11.2. The standard InChI is InChI=1S/C15H18ClNO3/c1-9(2)7-12(15(18)19)17-8-11-10-5-3-4-6-13(10)20-14(11)16/h3-6,9,12,17H,7-8H2,1-2H3,(H,18,19)/t12-/m1/s1. The average molecular weight is 296 g/mol. The molecule has 0 aliphatic carbocycles. The number of rotatable bonds is 6. The molecule has 0 aliphatic heterocycles. The van der Waals surface area contributed by atoms with E-state index < -0.39 is 12.0 Å². The van der Waals surface area contributed by atoms with Gasteiger partial charge < -0.3 is 14.8 Å². The number of furan rings is 1. The molecule has 0 saturated carbocycles. The van der Waals surface area contributed by atoms with Gasteiger partial charge in [-0.3, -0.25) is 4.79 Å². The van der Waals surface area contributed by atoms with Crippen molar-refractivity contribution >= 4 is 28.5 Å². The maximum Gasteiger partial charge on any atom is 0.320 e. The summed E-state index contributed by atoms with van der Waals surface area (Å²) in [6.45, 7) is 4.37. The predicted molar refractivity (Wildman–Crippen MR) is 78.9 cm³/mol. The van der Waals surface area contributed by atoms with E-state index in [1.54, 1.807) is 0 Å². The molecule has 108 valence electrons. The summed E-state index contributed by atoms with van der Waals surface area (Å²) in [7, 11) is 0. The second-order valence-electron chi connectivity index (χ2n) is 5.25. The number of benzene rings is 1. The number of hydrogen-bond acceptors (Lipinski definition) is 3. The fourth-order valence-corrected chi connectivity index (χ4v) is 2.45. The molecule has 2 N–H and O–H groups in total. The normalized spacial score (nSPS) is 13.0. The molecule has 2 rings (SSSR count). The van der Waals surface area contributed by atoms with Gasteiger partial charge in [0.15, 0.2) is 5.22 Å². The number of carboxylic acids is 1. The molecule has 0 amide bonds. The van der Waals surface area contributed by atoms with Gasteiger partial charge in [0.2, 0.25) is 0 Å². The van der Waals surface area contributed by atoms with E-state index in [1.165, 1.54) is 0 Å². The van der Waals surface area contributed by atoms with Crippen LogP contribution in [0.3, 0.4) is 0 Å². The van der Waals surface area contributed by atoms with Crippen LogP contribution >= 0.6 is 11.6 Å². The van der Waals surface area contributed by atoms with Crippen LogP contribution in [0.1, 0.15) is 25.8 Å². The Morgan fingerprint density at radius 3 is 2.75 bits per heavy atom. The number of para-hydroxylation sites is 1. The Labute approximate surface area is 122 Å². The van der Waals surface area contributed by atoms with Crippen LogP contribution in [0, 0.1) is 5.92 Å². The van der Waals surface area contributed by atoms with Crippen molar-refractivity contribution in [2.45, 2.75) is 32.9 Å². The van der Waals surface area contributed by atoms with E-state index in [-0.39, 0.29) is 0 Å². The summed E-state index contributed by atoms with van der Waals surface area (Å²) in [6.07, 6.45) is 0.572. The monoisotopic (exact) mass is 295 g/mol. The first-order chi connectivity index (χ1) is 9.49. The van der Waals surface area contributed by atoms with Gasteiger partial charge in [0.1, 0.15) is 11.6 Å². The highest BCUT2D eigenvalue weighted by Gasteiger charge is 2.20. The molecular formula is C15H18ClNO3. The van der Waals surface area contributed by atoms with Crippen LogP contribution in [0.5, 0.6) is 0 Å². The molecule has 4 nitrogen and oxygen atoms in total. The molecule has 0 fully saturated rings. The van der Waals surface area contributed by atoms with Gasteiger partial charge in [-0.2, -0.15) is 0 Å². The first-order valence-electron chi connectivity index (χ1n) is 6.61. The molecule has 1 aromatic heterocycles. The van der Waals surface area contributed by atoms with Gasteiger partial charge in [-0.05, 0) is 30.0 Å². The number of nitrogens with one attached hydrogen (secondary N) is 1. The van der Waals surface area contributed by atoms with Gasteiger partial charge in [-0.25, -0.2) is 0 Å². The Balaban J connectivity index is 2.15. The molecule has 0 bridgehead atoms. The maximum absolute atomic E-state index is 11.2. The summed E-state index contributed by atoms with van der Waals surface area (Å²) < 4.78 is 5.45. The van der Waals surface area contributed by atoms with Crippen molar-refractivity contribution < 1.29 is 14.3 Å². The number of carbonyl (C=O) groups is 1. The molecule has 0 spiro atoms. The summed E-state index contributed by atoms with van der Waals surface area (Å²) in [5.41, 5.74) is 1.52. The summed E-state index contributed by atoms with van der Waals surface area (Å²) in [6, 6.07) is 6.95. The zero-order chi connectivity index (χ0) is 14.7. The van der Waals surface area contributed by atoms with Crippen LogP contribution in [0.2, 0.25) is 5.22 Å². The topological polar surface area (TPSA) is 62.5 Å². The molecule has 0 unspecified atom stereocenters. The number of hydrogen-bond donors (Lipinski definition) is 2. The Bertz CT molecular complexity index is 606. The molecule has 1 atom stereocenters. The lowest BCUT2D eigenvalue weighted by atomic mass is 10.0. The Morgan fingerprint density at radius 2 is 2.10 bits per heavy atom. The minimum absolute atomic E-state index is 0.306. The summed E-state index contributed by atoms with van der Waals surface area (Å²) >= 11 is 6.08. The molecular weight excluding hydrogens is 278 g/mol. The van der Waals surface area contributed by atoms with Gasteiger partial charge >= 0.3 is 5.97 Å². The molecule has 1 heterocycles. The zero-order valence-corrected chi connectivity index (χ0v) is 12.3. The smallest absolute Gasteiger partial charge is 0.320 e. The van der Waals surface area contributed by atoms with Gasteiger partial charge in [-0.15, -0.1) is 0 Å². The summed E-state index contributed by atoms with van der Waals surface area (Å²) in [5.74, 6) is -0.539. The number of aliphatic carboxylic acids is 1. The lowest BCUT2D eigenvalue weighted by Gasteiger charge is -2.16. The SMILES string of the molecule is CC(C)C[C@@H](NCc1c(Cl)oc2ccccc12)C(=O)O. The molecule has 0 radical (unpaired) electrons. The molecule has 0 aliphatic rings. The van der Waals surface area contributed by atoms with Crippen LogP contribution in [0.4, 0.5) is 0 Å². The van der Waals surface area contributed by atoms with E-state index in [0.717, 1.165) is 10.9 Å². The third kappa shape index (κ3) is 3.32. The zero-order valence-electron chi connectivity index (χ0n) is 11.5. The predicted octanol–water partition coefficient (Wildman–Crippen LogP) is 3.68. The molecule has 0 saturated heterocycles. The number of carboxylic acid groups (broad SMARTS) is 1. The van der Waals surface area contributed by atoms with Crippen molar-refractivity contribution in [2.24, 2.45) is 5.92 Å². The second kappa shape index (κ2) is 6.29. The highest BCUT2D eigenvalue weighted by Crippen LogP contribution is 2.29. The Morgan fingerprint density at radius 1 is 1.40 bits per heavy atom. The van der Waals surface area contributed by atoms with Gasteiger partial charge in [0.25, 0.3) is 0 Å². The highest BCUT2D eigenvalue weighted by atomic mass is 35.5. The van der Waals surface area contributed by atoms with Crippen molar-refractivity contribution in [3.8, 4) is 0 Å². The Kier molecular flexibility index (Phi) is 4.68. The van der Waals surface area contributed by atoms with E-state index in [2.05, 4.69) is 5.32 Å². The third-order valence-corrected chi connectivity index (χ3v) is 3.48. The van der Waals surface area contributed by atoms with E-state index in [9.17, 15) is 9.90 Å². The van der Waals surface area contributed by atoms with Crippen LogP contribution in [0.25, 0.3) is 11.0 Å². The van der Waals surface area contributed by atoms with Crippen molar-refractivity contribution in [1.82, 2.24) is 5.32 Å². The lowest BCUT2D eigenvalue weighted by molar-refractivity contribution is -0.140. The maximum atomic E-state index is 11.2. The molecule has 1 aromatic carbocycles. The van der Waals surface area contributed by atoms with Crippen molar-refractivity contribution in [2.75, 3.05) is 0 Å². The third-order valence-electron chi connectivity index (χ3n) is 3.18. The van der Waals surface area contributed by atoms with E-state index in [0.29, 0.717) is 29.7 Å². The van der Waals surface area contributed by atoms with Crippen LogP contribution in [-0.2, 0) is 11.3 Å².